The van der Waals surface area contributed by atoms with E-state index >= 15 is 0 Å². The minimum atomic E-state index is -0.925. The van der Waals surface area contributed by atoms with Crippen LogP contribution < -0.4 is 10.9 Å². The van der Waals surface area contributed by atoms with Crippen molar-refractivity contribution >= 4 is 5.82 Å². The summed E-state index contributed by atoms with van der Waals surface area (Å²) in [4.78, 5) is 18.0. The maximum Gasteiger partial charge on any atom is 0.252 e. The van der Waals surface area contributed by atoms with Crippen LogP contribution in [0.2, 0.25) is 0 Å². The number of nitrogens with one attached hydrogen (secondary N) is 2. The van der Waals surface area contributed by atoms with Gasteiger partial charge in [0.25, 0.3) is 5.56 Å². The van der Waals surface area contributed by atoms with E-state index in [1.807, 2.05) is 13.8 Å². The van der Waals surface area contributed by atoms with Crippen molar-refractivity contribution in [3.8, 4) is 0 Å². The Bertz CT molecular complexity index is 430. The largest absolute Gasteiger partial charge is 0.388 e. The van der Waals surface area contributed by atoms with E-state index in [9.17, 15) is 9.90 Å². The lowest BCUT2D eigenvalue weighted by atomic mass is 9.86. The molecule has 0 spiro atoms. The van der Waals surface area contributed by atoms with Crippen LogP contribution >= 0.6 is 0 Å². The molecule has 0 fully saturated rings. The molecular formula is C11H19N3O2. The van der Waals surface area contributed by atoms with Gasteiger partial charge in [-0.2, -0.15) is 0 Å². The van der Waals surface area contributed by atoms with Crippen LogP contribution in [0.15, 0.2) is 10.9 Å². The van der Waals surface area contributed by atoms with Crippen LogP contribution in [0.25, 0.3) is 0 Å². The number of hydrogen-bond donors (Lipinski definition) is 3. The fourth-order valence-corrected chi connectivity index (χ4v) is 1.12. The van der Waals surface area contributed by atoms with E-state index in [4.69, 9.17) is 0 Å². The van der Waals surface area contributed by atoms with Crippen molar-refractivity contribution in [3.05, 3.63) is 22.2 Å². The van der Waals surface area contributed by atoms with Crippen LogP contribution in [-0.2, 0) is 0 Å². The standard InChI is InChI=1S/C11H19N3O2/c1-7-12-8(6-9(15)13-7)14-10(2,3)11(4,5)16/h6,16H,1-5H3,(H2,12,13,14,15). The summed E-state index contributed by atoms with van der Waals surface area (Å²) in [6.07, 6.45) is 0. The number of aryl methyl sites for hydroxylation is 1. The van der Waals surface area contributed by atoms with Gasteiger partial charge in [-0.3, -0.25) is 4.79 Å². The summed E-state index contributed by atoms with van der Waals surface area (Å²) in [6.45, 7) is 8.83. The molecule has 0 saturated carbocycles. The third kappa shape index (κ3) is 2.82. The van der Waals surface area contributed by atoms with Gasteiger partial charge in [-0.25, -0.2) is 4.98 Å². The van der Waals surface area contributed by atoms with Gasteiger partial charge < -0.3 is 15.4 Å². The molecule has 5 nitrogen and oxygen atoms in total. The highest BCUT2D eigenvalue weighted by Crippen LogP contribution is 2.24. The Morgan fingerprint density at radius 2 is 1.94 bits per heavy atom. The fraction of sp³-hybridized carbons (Fsp3) is 0.636. The van der Waals surface area contributed by atoms with Gasteiger partial charge in [0.1, 0.15) is 11.6 Å². The molecule has 0 atom stereocenters. The average molecular weight is 225 g/mol. The highest BCUT2D eigenvalue weighted by Gasteiger charge is 2.35. The van der Waals surface area contributed by atoms with E-state index in [1.54, 1.807) is 20.8 Å². The first-order valence-corrected chi connectivity index (χ1v) is 5.20. The summed E-state index contributed by atoms with van der Waals surface area (Å²) in [5.74, 6) is 1.01. The summed E-state index contributed by atoms with van der Waals surface area (Å²) < 4.78 is 0. The van der Waals surface area contributed by atoms with Crippen LogP contribution in [-0.4, -0.2) is 26.2 Å². The molecule has 0 aliphatic rings. The summed E-state index contributed by atoms with van der Waals surface area (Å²) in [5.41, 5.74) is -1.72. The summed E-state index contributed by atoms with van der Waals surface area (Å²) >= 11 is 0. The maximum atomic E-state index is 11.2. The molecule has 0 amide bonds. The topological polar surface area (TPSA) is 78.0 Å². The molecular weight excluding hydrogens is 206 g/mol. The predicted molar refractivity (Wildman–Crippen MR) is 63.6 cm³/mol. The first-order valence-electron chi connectivity index (χ1n) is 5.20. The van der Waals surface area contributed by atoms with Crippen molar-refractivity contribution in [2.45, 2.75) is 45.8 Å². The molecule has 90 valence electrons. The zero-order valence-electron chi connectivity index (χ0n) is 10.4. The SMILES string of the molecule is Cc1nc(NC(C)(C)C(C)(C)O)cc(=O)[nH]1. The van der Waals surface area contributed by atoms with E-state index < -0.39 is 11.1 Å². The quantitative estimate of drug-likeness (QED) is 0.718. The van der Waals surface area contributed by atoms with Gasteiger partial charge in [0.15, 0.2) is 0 Å². The van der Waals surface area contributed by atoms with Crippen LogP contribution in [0.3, 0.4) is 0 Å². The molecule has 0 aliphatic carbocycles. The minimum absolute atomic E-state index is 0.207. The Morgan fingerprint density at radius 1 is 1.38 bits per heavy atom. The number of hydrogen-bond acceptors (Lipinski definition) is 4. The molecule has 16 heavy (non-hydrogen) atoms. The minimum Gasteiger partial charge on any atom is -0.388 e. The smallest absolute Gasteiger partial charge is 0.252 e. The summed E-state index contributed by atoms with van der Waals surface area (Å²) in [5, 5.41) is 13.0. The van der Waals surface area contributed by atoms with Gasteiger partial charge in [0, 0.05) is 6.07 Å². The van der Waals surface area contributed by atoms with Crippen molar-refractivity contribution in [3.63, 3.8) is 0 Å². The zero-order valence-corrected chi connectivity index (χ0v) is 10.4. The van der Waals surface area contributed by atoms with Crippen molar-refractivity contribution in [2.75, 3.05) is 5.32 Å². The Balaban J connectivity index is 3.01. The molecule has 0 aliphatic heterocycles. The monoisotopic (exact) mass is 225 g/mol. The van der Waals surface area contributed by atoms with E-state index in [0.29, 0.717) is 11.6 Å². The molecule has 0 aromatic carbocycles. The Hall–Kier alpha value is -1.36. The number of aromatic amines is 1. The molecule has 0 radical (unpaired) electrons. The number of aliphatic hydroxyl groups is 1. The molecule has 1 heterocycles. The second-order valence-electron chi connectivity index (χ2n) is 5.03. The van der Waals surface area contributed by atoms with Gasteiger partial charge in [-0.05, 0) is 34.6 Å². The lowest BCUT2D eigenvalue weighted by molar-refractivity contribution is 0.0238. The highest BCUT2D eigenvalue weighted by molar-refractivity contribution is 5.37. The van der Waals surface area contributed by atoms with Crippen molar-refractivity contribution in [2.24, 2.45) is 0 Å². The van der Waals surface area contributed by atoms with Crippen LogP contribution in [0.4, 0.5) is 5.82 Å². The van der Waals surface area contributed by atoms with E-state index in [0.717, 1.165) is 0 Å². The first kappa shape index (κ1) is 12.7. The van der Waals surface area contributed by atoms with Gasteiger partial charge in [-0.1, -0.05) is 0 Å². The van der Waals surface area contributed by atoms with Gasteiger partial charge in [0.2, 0.25) is 0 Å². The Kier molecular flexibility index (Phi) is 3.10. The van der Waals surface area contributed by atoms with E-state index in [1.165, 1.54) is 6.07 Å². The Morgan fingerprint density at radius 3 is 2.38 bits per heavy atom. The molecule has 0 saturated heterocycles. The van der Waals surface area contributed by atoms with Crippen molar-refractivity contribution < 1.29 is 5.11 Å². The second-order valence-corrected chi connectivity index (χ2v) is 5.03. The van der Waals surface area contributed by atoms with Crippen LogP contribution in [0.5, 0.6) is 0 Å². The van der Waals surface area contributed by atoms with Crippen LogP contribution in [0, 0.1) is 6.92 Å². The number of aromatic nitrogens is 2. The number of rotatable bonds is 3. The third-order valence-electron chi connectivity index (χ3n) is 2.83. The lowest BCUT2D eigenvalue weighted by Gasteiger charge is -2.38. The third-order valence-corrected chi connectivity index (χ3v) is 2.83. The highest BCUT2D eigenvalue weighted by atomic mass is 16.3. The maximum absolute atomic E-state index is 11.2. The normalized spacial score (nSPS) is 12.6. The van der Waals surface area contributed by atoms with Crippen molar-refractivity contribution in [1.82, 2.24) is 9.97 Å². The van der Waals surface area contributed by atoms with E-state index in [2.05, 4.69) is 15.3 Å². The summed E-state index contributed by atoms with van der Waals surface area (Å²) in [7, 11) is 0. The number of anilines is 1. The molecule has 1 aromatic heterocycles. The molecule has 1 aromatic rings. The van der Waals surface area contributed by atoms with Crippen LogP contribution in [0.1, 0.15) is 33.5 Å². The number of nitrogens with zero attached hydrogens (tertiary/aromatic N) is 1. The predicted octanol–water partition coefficient (Wildman–Crippen LogP) is 1.04. The zero-order chi connectivity index (χ0) is 12.6. The molecule has 1 rings (SSSR count). The van der Waals surface area contributed by atoms with Gasteiger partial charge in [0.05, 0.1) is 11.1 Å². The average Bonchev–Trinajstić information content (AvgIpc) is 1.97. The fourth-order valence-electron chi connectivity index (χ4n) is 1.12. The Labute approximate surface area is 94.9 Å². The number of H-pyrrole nitrogens is 1. The van der Waals surface area contributed by atoms with Gasteiger partial charge in [-0.15, -0.1) is 0 Å². The lowest BCUT2D eigenvalue weighted by Crippen LogP contribution is -2.51. The summed E-state index contributed by atoms with van der Waals surface area (Å²) in [6, 6.07) is 1.38. The van der Waals surface area contributed by atoms with Crippen molar-refractivity contribution in [1.29, 1.82) is 0 Å². The molecule has 5 heteroatoms. The molecule has 0 bridgehead atoms. The van der Waals surface area contributed by atoms with Gasteiger partial charge >= 0.3 is 0 Å². The van der Waals surface area contributed by atoms with E-state index in [-0.39, 0.29) is 5.56 Å². The molecule has 0 unspecified atom stereocenters. The first-order chi connectivity index (χ1) is 7.12. The second kappa shape index (κ2) is 3.90. The molecule has 3 N–H and O–H groups in total.